The normalized spacial score (nSPS) is 12.7. The molecule has 1 N–H and O–H groups in total. The van der Waals surface area contributed by atoms with Gasteiger partial charge in [0.1, 0.15) is 5.76 Å². The van der Waals surface area contributed by atoms with E-state index in [9.17, 15) is 0 Å². The van der Waals surface area contributed by atoms with E-state index in [0.717, 1.165) is 18.1 Å². The summed E-state index contributed by atoms with van der Waals surface area (Å²) >= 11 is 1.79. The van der Waals surface area contributed by atoms with Crippen LogP contribution in [0.3, 0.4) is 0 Å². The number of thiophene rings is 1. The number of hydrogen-bond donors (Lipinski definition) is 1. The van der Waals surface area contributed by atoms with Gasteiger partial charge in [-0.2, -0.15) is 0 Å². The summed E-state index contributed by atoms with van der Waals surface area (Å²) in [6.45, 7) is 9.18. The van der Waals surface area contributed by atoms with Gasteiger partial charge in [-0.15, -0.1) is 11.3 Å². The maximum Gasteiger partial charge on any atom is 0.180 e. The lowest BCUT2D eigenvalue weighted by molar-refractivity contribution is 0.394. The van der Waals surface area contributed by atoms with Crippen LogP contribution in [-0.2, 0) is 6.54 Å². The molecular formula is C17H21N3OS. The molecule has 0 spiro atoms. The first kappa shape index (κ1) is 15.1. The van der Waals surface area contributed by atoms with Crippen LogP contribution in [-0.4, -0.2) is 9.72 Å². The van der Waals surface area contributed by atoms with Gasteiger partial charge >= 0.3 is 0 Å². The van der Waals surface area contributed by atoms with Crippen LogP contribution in [0.5, 0.6) is 0 Å². The van der Waals surface area contributed by atoms with Crippen molar-refractivity contribution >= 4 is 11.3 Å². The second kappa shape index (κ2) is 6.10. The van der Waals surface area contributed by atoms with Crippen molar-refractivity contribution in [3.8, 4) is 5.82 Å². The van der Waals surface area contributed by atoms with E-state index in [1.807, 2.05) is 13.0 Å². The molecule has 3 aromatic heterocycles. The Bertz CT molecular complexity index is 755. The van der Waals surface area contributed by atoms with E-state index in [1.165, 1.54) is 21.8 Å². The van der Waals surface area contributed by atoms with Gasteiger partial charge in [0, 0.05) is 34.9 Å². The minimum atomic E-state index is 0.359. The van der Waals surface area contributed by atoms with Crippen LogP contribution in [0.4, 0.5) is 0 Å². The lowest BCUT2D eigenvalue weighted by Crippen LogP contribution is -2.17. The first-order valence-corrected chi connectivity index (χ1v) is 8.32. The Hall–Kier alpha value is -1.85. The van der Waals surface area contributed by atoms with Crippen molar-refractivity contribution in [2.24, 2.45) is 0 Å². The van der Waals surface area contributed by atoms with E-state index >= 15 is 0 Å². The lowest BCUT2D eigenvalue weighted by atomic mass is 10.2. The van der Waals surface area contributed by atoms with Gasteiger partial charge in [-0.3, -0.25) is 0 Å². The highest BCUT2D eigenvalue weighted by atomic mass is 32.1. The number of hydrogen-bond acceptors (Lipinski definition) is 4. The first-order valence-electron chi connectivity index (χ1n) is 7.44. The van der Waals surface area contributed by atoms with E-state index < -0.39 is 0 Å². The van der Waals surface area contributed by atoms with Gasteiger partial charge in [0.2, 0.25) is 0 Å². The zero-order valence-corrected chi connectivity index (χ0v) is 14.2. The molecule has 0 saturated heterocycles. The van der Waals surface area contributed by atoms with Gasteiger partial charge in [0.15, 0.2) is 5.82 Å². The maximum atomic E-state index is 5.20. The highest BCUT2D eigenvalue weighted by molar-refractivity contribution is 7.10. The number of aromatic nitrogens is 2. The minimum absolute atomic E-state index is 0.359. The molecule has 3 heterocycles. The number of aryl methyl sites for hydroxylation is 2. The summed E-state index contributed by atoms with van der Waals surface area (Å²) in [5.41, 5.74) is 3.67. The van der Waals surface area contributed by atoms with Gasteiger partial charge in [0.05, 0.1) is 0 Å². The van der Waals surface area contributed by atoms with E-state index in [1.54, 1.807) is 11.3 Å². The van der Waals surface area contributed by atoms with Crippen molar-refractivity contribution in [3.05, 3.63) is 57.2 Å². The summed E-state index contributed by atoms with van der Waals surface area (Å²) in [5, 5.41) is 9.84. The zero-order chi connectivity index (χ0) is 15.7. The van der Waals surface area contributed by atoms with Crippen LogP contribution in [0.1, 0.15) is 40.6 Å². The lowest BCUT2D eigenvalue weighted by Gasteiger charge is -2.12. The van der Waals surface area contributed by atoms with Crippen molar-refractivity contribution in [1.29, 1.82) is 0 Å². The highest BCUT2D eigenvalue weighted by Gasteiger charge is 2.14. The predicted octanol–water partition coefficient (Wildman–Crippen LogP) is 4.30. The largest absolute Gasteiger partial charge is 0.360 e. The predicted molar refractivity (Wildman–Crippen MR) is 89.6 cm³/mol. The maximum absolute atomic E-state index is 5.20. The van der Waals surface area contributed by atoms with Crippen molar-refractivity contribution in [1.82, 2.24) is 15.0 Å². The SMILES string of the molecule is Cc1cc(-n2c(C)cc(CN[C@H](C)c3cccs3)c2C)no1. The van der Waals surface area contributed by atoms with E-state index in [0.29, 0.717) is 6.04 Å². The molecule has 5 heteroatoms. The summed E-state index contributed by atoms with van der Waals surface area (Å²) in [4.78, 5) is 1.36. The summed E-state index contributed by atoms with van der Waals surface area (Å²) in [7, 11) is 0. The Balaban J connectivity index is 1.78. The Morgan fingerprint density at radius 3 is 2.77 bits per heavy atom. The van der Waals surface area contributed by atoms with E-state index in [-0.39, 0.29) is 0 Å². The summed E-state index contributed by atoms with van der Waals surface area (Å²) in [6.07, 6.45) is 0. The number of nitrogens with one attached hydrogen (secondary N) is 1. The quantitative estimate of drug-likeness (QED) is 0.763. The molecular weight excluding hydrogens is 294 g/mol. The topological polar surface area (TPSA) is 43.0 Å². The monoisotopic (exact) mass is 315 g/mol. The van der Waals surface area contributed by atoms with E-state index in [2.05, 4.69) is 59.4 Å². The second-order valence-electron chi connectivity index (χ2n) is 5.65. The molecule has 116 valence electrons. The van der Waals surface area contributed by atoms with Crippen LogP contribution >= 0.6 is 11.3 Å². The molecule has 0 aliphatic heterocycles. The molecule has 0 bridgehead atoms. The number of rotatable bonds is 5. The Morgan fingerprint density at radius 2 is 2.14 bits per heavy atom. The zero-order valence-electron chi connectivity index (χ0n) is 13.4. The average Bonchev–Trinajstić information content (AvgIpc) is 3.19. The number of nitrogens with zero attached hydrogens (tertiary/aromatic N) is 2. The third-order valence-corrected chi connectivity index (χ3v) is 5.00. The molecule has 0 aliphatic carbocycles. The molecule has 0 amide bonds. The molecule has 22 heavy (non-hydrogen) atoms. The highest BCUT2D eigenvalue weighted by Crippen LogP contribution is 2.23. The van der Waals surface area contributed by atoms with Gasteiger partial charge in [-0.25, -0.2) is 0 Å². The standard InChI is InChI=1S/C17H21N3OS/c1-11-8-15(10-18-13(3)16-6-5-7-22-16)14(4)20(11)17-9-12(2)21-19-17/h5-9,13,18H,10H2,1-4H3/t13-/m1/s1. The molecule has 4 nitrogen and oxygen atoms in total. The van der Waals surface area contributed by atoms with Crippen LogP contribution in [0.25, 0.3) is 5.82 Å². The van der Waals surface area contributed by atoms with Gasteiger partial charge in [-0.05, 0) is 50.8 Å². The van der Waals surface area contributed by atoms with Crippen molar-refractivity contribution in [3.63, 3.8) is 0 Å². The summed E-state index contributed by atoms with van der Waals surface area (Å²) in [6, 6.07) is 8.80. The fourth-order valence-corrected chi connectivity index (χ4v) is 3.48. The Labute approximate surface area is 134 Å². The van der Waals surface area contributed by atoms with Gasteiger partial charge < -0.3 is 14.4 Å². The van der Waals surface area contributed by atoms with Crippen molar-refractivity contribution in [2.45, 2.75) is 40.3 Å². The van der Waals surface area contributed by atoms with Gasteiger partial charge in [-0.1, -0.05) is 11.2 Å². The Kier molecular flexibility index (Phi) is 4.18. The molecule has 3 aromatic rings. The van der Waals surface area contributed by atoms with Crippen LogP contribution in [0.2, 0.25) is 0 Å². The third-order valence-electron chi connectivity index (χ3n) is 3.95. The smallest absolute Gasteiger partial charge is 0.180 e. The first-order chi connectivity index (χ1) is 10.6. The summed E-state index contributed by atoms with van der Waals surface area (Å²) in [5.74, 6) is 1.68. The molecule has 0 aliphatic rings. The minimum Gasteiger partial charge on any atom is -0.360 e. The fourth-order valence-electron chi connectivity index (χ4n) is 2.72. The van der Waals surface area contributed by atoms with Crippen LogP contribution in [0.15, 0.2) is 34.2 Å². The molecule has 3 rings (SSSR count). The Morgan fingerprint density at radius 1 is 1.32 bits per heavy atom. The molecule has 0 saturated carbocycles. The average molecular weight is 315 g/mol. The molecule has 0 aromatic carbocycles. The van der Waals surface area contributed by atoms with Crippen LogP contribution < -0.4 is 5.32 Å². The molecule has 0 fully saturated rings. The van der Waals surface area contributed by atoms with Gasteiger partial charge in [0.25, 0.3) is 0 Å². The second-order valence-corrected chi connectivity index (χ2v) is 6.62. The molecule has 0 radical (unpaired) electrons. The van der Waals surface area contributed by atoms with Crippen molar-refractivity contribution in [2.75, 3.05) is 0 Å². The van der Waals surface area contributed by atoms with Crippen LogP contribution in [0, 0.1) is 20.8 Å². The molecule has 0 unspecified atom stereocenters. The fraction of sp³-hybridized carbons (Fsp3) is 0.353. The summed E-state index contributed by atoms with van der Waals surface area (Å²) < 4.78 is 7.34. The van der Waals surface area contributed by atoms with E-state index in [4.69, 9.17) is 4.52 Å². The third kappa shape index (κ3) is 2.87. The van der Waals surface area contributed by atoms with Crippen molar-refractivity contribution < 1.29 is 4.52 Å². The molecule has 1 atom stereocenters.